The van der Waals surface area contributed by atoms with Gasteiger partial charge in [0.2, 0.25) is 0 Å². The van der Waals surface area contributed by atoms with Crippen LogP contribution in [0.15, 0.2) is 91.3 Å². The molecular weight excluding hydrogens is 416 g/mol. The molecule has 0 aliphatic rings. The number of rotatable bonds is 7. The fraction of sp³-hybridized carbons (Fsp3) is 0.0769. The SMILES string of the molecule is COc1ccc(-c2cnn3ccc(Nc4ccc(Oc5ccccc5)cc4)nc23)cc1OC. The average molecular weight is 438 g/mol. The summed E-state index contributed by atoms with van der Waals surface area (Å²) in [7, 11) is 3.24. The second-order valence-corrected chi connectivity index (χ2v) is 7.27. The van der Waals surface area contributed by atoms with Gasteiger partial charge in [-0.2, -0.15) is 5.10 Å². The quantitative estimate of drug-likeness (QED) is 0.339. The number of benzene rings is 3. The molecule has 0 unspecified atom stereocenters. The molecule has 2 heterocycles. The molecule has 0 amide bonds. The summed E-state index contributed by atoms with van der Waals surface area (Å²) in [6.07, 6.45) is 3.67. The van der Waals surface area contributed by atoms with Crippen LogP contribution in [0.1, 0.15) is 0 Å². The minimum Gasteiger partial charge on any atom is -0.493 e. The molecule has 3 aromatic carbocycles. The third-order valence-electron chi connectivity index (χ3n) is 5.17. The van der Waals surface area contributed by atoms with E-state index in [2.05, 4.69) is 10.4 Å². The summed E-state index contributed by atoms with van der Waals surface area (Å²) < 4.78 is 18.4. The first-order chi connectivity index (χ1) is 16.2. The van der Waals surface area contributed by atoms with Crippen molar-refractivity contribution in [1.29, 1.82) is 0 Å². The maximum atomic E-state index is 5.86. The van der Waals surface area contributed by atoms with Gasteiger partial charge in [-0.3, -0.25) is 0 Å². The van der Waals surface area contributed by atoms with Crippen LogP contribution in [-0.4, -0.2) is 28.8 Å². The third-order valence-corrected chi connectivity index (χ3v) is 5.17. The number of ether oxygens (including phenoxy) is 3. The fourth-order valence-corrected chi connectivity index (χ4v) is 3.52. The Morgan fingerprint density at radius 2 is 1.55 bits per heavy atom. The van der Waals surface area contributed by atoms with Crippen LogP contribution in [0.4, 0.5) is 11.5 Å². The second-order valence-electron chi connectivity index (χ2n) is 7.27. The van der Waals surface area contributed by atoms with Crippen LogP contribution < -0.4 is 19.5 Å². The molecule has 2 aromatic heterocycles. The maximum absolute atomic E-state index is 5.86. The van der Waals surface area contributed by atoms with Gasteiger partial charge in [0.1, 0.15) is 17.3 Å². The van der Waals surface area contributed by atoms with Crippen LogP contribution in [-0.2, 0) is 0 Å². The number of aromatic nitrogens is 3. The van der Waals surface area contributed by atoms with Crippen LogP contribution in [0.25, 0.3) is 16.8 Å². The van der Waals surface area contributed by atoms with Gasteiger partial charge < -0.3 is 19.5 Å². The maximum Gasteiger partial charge on any atom is 0.165 e. The van der Waals surface area contributed by atoms with Gasteiger partial charge in [-0.25, -0.2) is 9.50 Å². The summed E-state index contributed by atoms with van der Waals surface area (Å²) >= 11 is 0. The number of para-hydroxylation sites is 1. The Labute approximate surface area is 191 Å². The van der Waals surface area contributed by atoms with Crippen LogP contribution in [0.5, 0.6) is 23.0 Å². The molecule has 0 spiro atoms. The Kier molecular flexibility index (Phi) is 5.51. The number of anilines is 2. The molecule has 5 aromatic rings. The monoisotopic (exact) mass is 438 g/mol. The largest absolute Gasteiger partial charge is 0.493 e. The van der Waals surface area contributed by atoms with Gasteiger partial charge >= 0.3 is 0 Å². The van der Waals surface area contributed by atoms with Crippen molar-refractivity contribution in [3.8, 4) is 34.1 Å². The minimum absolute atomic E-state index is 0.654. The van der Waals surface area contributed by atoms with Gasteiger partial charge in [-0.05, 0) is 60.2 Å². The Morgan fingerprint density at radius 1 is 0.788 bits per heavy atom. The standard InChI is InChI=1S/C26H22N4O3/c1-31-23-13-8-18(16-24(23)32-2)22-17-27-30-15-14-25(29-26(22)30)28-19-9-11-21(12-10-19)33-20-6-4-3-5-7-20/h3-17H,1-2H3,(H,28,29). The van der Waals surface area contributed by atoms with Crippen LogP contribution in [0.2, 0.25) is 0 Å². The van der Waals surface area contributed by atoms with E-state index < -0.39 is 0 Å². The molecular formula is C26H22N4O3. The van der Waals surface area contributed by atoms with E-state index >= 15 is 0 Å². The molecule has 164 valence electrons. The van der Waals surface area contributed by atoms with Crippen molar-refractivity contribution in [2.45, 2.75) is 0 Å². The molecule has 0 aliphatic heterocycles. The molecule has 0 fully saturated rings. The van der Waals surface area contributed by atoms with Crippen molar-refractivity contribution < 1.29 is 14.2 Å². The Balaban J connectivity index is 1.39. The Bertz CT molecular complexity index is 1380. The van der Waals surface area contributed by atoms with Gasteiger partial charge in [0.05, 0.1) is 20.4 Å². The van der Waals surface area contributed by atoms with E-state index in [9.17, 15) is 0 Å². The van der Waals surface area contributed by atoms with E-state index in [4.69, 9.17) is 19.2 Å². The number of nitrogens with zero attached hydrogens (tertiary/aromatic N) is 3. The summed E-state index contributed by atoms with van der Waals surface area (Å²) in [4.78, 5) is 4.78. The summed E-state index contributed by atoms with van der Waals surface area (Å²) in [5, 5.41) is 7.77. The first-order valence-electron chi connectivity index (χ1n) is 10.4. The van der Waals surface area contributed by atoms with E-state index in [0.717, 1.165) is 34.0 Å². The highest BCUT2D eigenvalue weighted by atomic mass is 16.5. The summed E-state index contributed by atoms with van der Waals surface area (Å²) in [5.41, 5.74) is 3.47. The lowest BCUT2D eigenvalue weighted by Crippen LogP contribution is -1.97. The number of nitrogens with one attached hydrogen (secondary N) is 1. The molecule has 33 heavy (non-hydrogen) atoms. The molecule has 7 nitrogen and oxygen atoms in total. The molecule has 0 bridgehead atoms. The fourth-order valence-electron chi connectivity index (χ4n) is 3.52. The van der Waals surface area contributed by atoms with E-state index in [0.29, 0.717) is 17.3 Å². The Morgan fingerprint density at radius 3 is 2.30 bits per heavy atom. The van der Waals surface area contributed by atoms with E-state index in [1.54, 1.807) is 24.9 Å². The lowest BCUT2D eigenvalue weighted by Gasteiger charge is -2.10. The summed E-state index contributed by atoms with van der Waals surface area (Å²) in [6.45, 7) is 0. The number of hydrogen-bond donors (Lipinski definition) is 1. The van der Waals surface area contributed by atoms with Gasteiger partial charge in [0.25, 0.3) is 0 Å². The van der Waals surface area contributed by atoms with Crippen molar-refractivity contribution in [3.63, 3.8) is 0 Å². The lowest BCUT2D eigenvalue weighted by atomic mass is 10.1. The van der Waals surface area contributed by atoms with Crippen molar-refractivity contribution in [2.24, 2.45) is 0 Å². The minimum atomic E-state index is 0.654. The first-order valence-corrected chi connectivity index (χ1v) is 10.4. The molecule has 0 saturated carbocycles. The summed E-state index contributed by atoms with van der Waals surface area (Å²) in [6, 6.07) is 25.1. The van der Waals surface area contributed by atoms with Crippen molar-refractivity contribution in [2.75, 3.05) is 19.5 Å². The van der Waals surface area contributed by atoms with Crippen LogP contribution in [0.3, 0.4) is 0 Å². The third kappa shape index (κ3) is 4.29. The van der Waals surface area contributed by atoms with Gasteiger partial charge in [-0.1, -0.05) is 24.3 Å². The van der Waals surface area contributed by atoms with Crippen LogP contribution in [0, 0.1) is 0 Å². The molecule has 0 aliphatic carbocycles. The number of methoxy groups -OCH3 is 2. The van der Waals surface area contributed by atoms with E-state index in [1.165, 1.54) is 0 Å². The molecule has 0 radical (unpaired) electrons. The smallest absolute Gasteiger partial charge is 0.165 e. The second kappa shape index (κ2) is 8.92. The molecule has 0 saturated heterocycles. The Hall–Kier alpha value is -4.52. The molecule has 1 N–H and O–H groups in total. The number of fused-ring (bicyclic) bond motifs is 1. The average Bonchev–Trinajstić information content (AvgIpc) is 3.29. The highest BCUT2D eigenvalue weighted by molar-refractivity contribution is 5.79. The molecule has 7 heteroatoms. The summed E-state index contributed by atoms with van der Waals surface area (Å²) in [5.74, 6) is 3.60. The predicted molar refractivity (Wildman–Crippen MR) is 128 cm³/mol. The zero-order valence-electron chi connectivity index (χ0n) is 18.2. The molecule has 5 rings (SSSR count). The van der Waals surface area contributed by atoms with E-state index in [1.807, 2.05) is 85.1 Å². The molecule has 0 atom stereocenters. The highest BCUT2D eigenvalue weighted by Crippen LogP contribution is 2.34. The topological polar surface area (TPSA) is 69.9 Å². The van der Waals surface area contributed by atoms with Crippen molar-refractivity contribution in [3.05, 3.63) is 91.3 Å². The highest BCUT2D eigenvalue weighted by Gasteiger charge is 2.12. The zero-order valence-corrected chi connectivity index (χ0v) is 18.2. The normalized spacial score (nSPS) is 10.7. The van der Waals surface area contributed by atoms with Crippen LogP contribution >= 0.6 is 0 Å². The van der Waals surface area contributed by atoms with Gasteiger partial charge in [0.15, 0.2) is 17.1 Å². The van der Waals surface area contributed by atoms with E-state index in [-0.39, 0.29) is 0 Å². The lowest BCUT2D eigenvalue weighted by molar-refractivity contribution is 0.355. The number of hydrogen-bond acceptors (Lipinski definition) is 6. The van der Waals surface area contributed by atoms with Crippen molar-refractivity contribution >= 4 is 17.2 Å². The van der Waals surface area contributed by atoms with Gasteiger partial charge in [-0.15, -0.1) is 0 Å². The van der Waals surface area contributed by atoms with Crippen molar-refractivity contribution in [1.82, 2.24) is 14.6 Å². The first kappa shape index (κ1) is 20.4. The zero-order chi connectivity index (χ0) is 22.6. The van der Waals surface area contributed by atoms with Gasteiger partial charge in [0, 0.05) is 17.4 Å². The predicted octanol–water partition coefficient (Wildman–Crippen LogP) is 5.95.